The highest BCUT2D eigenvalue weighted by Gasteiger charge is 2.18. The lowest BCUT2D eigenvalue weighted by Gasteiger charge is -2.11. The molecule has 0 radical (unpaired) electrons. The summed E-state index contributed by atoms with van der Waals surface area (Å²) >= 11 is 13.9. The van der Waals surface area contributed by atoms with Gasteiger partial charge in [-0.3, -0.25) is 4.79 Å². The Balaban J connectivity index is 2.04. The number of carbonyl (C=O) groups excluding carboxylic acids is 1. The number of amides is 1. The molecule has 0 saturated heterocycles. The lowest BCUT2D eigenvalue weighted by Crippen LogP contribution is -2.22. The molecule has 2 aromatic carbocycles. The van der Waals surface area contributed by atoms with Crippen LogP contribution in [0.1, 0.15) is 17.3 Å². The number of carbonyl (C=O) groups is 1. The quantitative estimate of drug-likeness (QED) is 0.457. The Hall–Kier alpha value is -1.75. The largest absolute Gasteiger partial charge is 0.380 e. The maximum absolute atomic E-state index is 12.8. The molecule has 0 bridgehead atoms. The molecule has 0 aliphatic rings. The molecule has 3 aromatic rings. The standard InChI is InChI=1S/C20H21Cl2N3O4S2/c1-4-29-12-11-25-18-16(10-9-15(21)17(18)22)30-20(25)23-19(26)13-5-7-14(8-6-13)31(27,28)24(2)3/h5-10H,4,11-12H2,1-3H3. The molecule has 0 N–H and O–H groups in total. The van der Waals surface area contributed by atoms with Crippen LogP contribution in [0.2, 0.25) is 10.0 Å². The molecule has 1 heterocycles. The van der Waals surface area contributed by atoms with Crippen LogP contribution < -0.4 is 4.80 Å². The lowest BCUT2D eigenvalue weighted by atomic mass is 10.2. The normalized spacial score (nSPS) is 12.8. The molecule has 0 spiro atoms. The Morgan fingerprint density at radius 2 is 1.84 bits per heavy atom. The van der Waals surface area contributed by atoms with Crippen LogP contribution in [0, 0.1) is 0 Å². The Labute approximate surface area is 194 Å². The van der Waals surface area contributed by atoms with Crippen LogP contribution in [-0.4, -0.2) is 50.5 Å². The predicted octanol–water partition coefficient (Wildman–Crippen LogP) is 4.04. The van der Waals surface area contributed by atoms with E-state index in [0.717, 1.165) is 9.01 Å². The molecule has 3 rings (SSSR count). The molecule has 1 aromatic heterocycles. The van der Waals surface area contributed by atoms with Crippen LogP contribution in [0.3, 0.4) is 0 Å². The van der Waals surface area contributed by atoms with Crippen molar-refractivity contribution in [2.45, 2.75) is 18.4 Å². The number of nitrogens with zero attached hydrogens (tertiary/aromatic N) is 3. The molecule has 0 fully saturated rings. The van der Waals surface area contributed by atoms with E-state index in [2.05, 4.69) is 4.99 Å². The van der Waals surface area contributed by atoms with Crippen molar-refractivity contribution >= 4 is 60.7 Å². The highest BCUT2D eigenvalue weighted by molar-refractivity contribution is 7.89. The van der Waals surface area contributed by atoms with Crippen molar-refractivity contribution in [3.63, 3.8) is 0 Å². The van der Waals surface area contributed by atoms with Gasteiger partial charge in [0.1, 0.15) is 0 Å². The summed E-state index contributed by atoms with van der Waals surface area (Å²) in [6, 6.07) is 9.21. The zero-order valence-electron chi connectivity index (χ0n) is 17.1. The zero-order chi connectivity index (χ0) is 22.8. The van der Waals surface area contributed by atoms with Crippen molar-refractivity contribution in [2.75, 3.05) is 27.3 Å². The number of hydrogen-bond donors (Lipinski definition) is 0. The average Bonchev–Trinajstić information content (AvgIpc) is 3.08. The zero-order valence-corrected chi connectivity index (χ0v) is 20.3. The topological polar surface area (TPSA) is 81.0 Å². The molecule has 0 saturated carbocycles. The van der Waals surface area contributed by atoms with Gasteiger partial charge in [-0.2, -0.15) is 4.99 Å². The molecular weight excluding hydrogens is 481 g/mol. The number of hydrogen-bond acceptors (Lipinski definition) is 5. The third-order valence-corrected chi connectivity index (χ3v) is 8.14. The number of aromatic nitrogens is 1. The van der Waals surface area contributed by atoms with Gasteiger partial charge in [0.2, 0.25) is 10.0 Å². The fourth-order valence-corrected chi connectivity index (χ4v) is 5.27. The van der Waals surface area contributed by atoms with E-state index in [4.69, 9.17) is 27.9 Å². The van der Waals surface area contributed by atoms with Gasteiger partial charge in [-0.05, 0) is 43.3 Å². The second-order valence-electron chi connectivity index (χ2n) is 6.67. The van der Waals surface area contributed by atoms with Crippen LogP contribution >= 0.6 is 34.5 Å². The van der Waals surface area contributed by atoms with Crippen LogP contribution in [-0.2, 0) is 21.3 Å². The van der Waals surface area contributed by atoms with Gasteiger partial charge in [0.25, 0.3) is 5.91 Å². The Kier molecular flexibility index (Phi) is 7.56. The second-order valence-corrected chi connectivity index (χ2v) is 10.6. The van der Waals surface area contributed by atoms with Gasteiger partial charge in [0.15, 0.2) is 4.80 Å². The summed E-state index contributed by atoms with van der Waals surface area (Å²) in [6.45, 7) is 3.32. The number of halogens is 2. The molecule has 0 aliphatic carbocycles. The van der Waals surface area contributed by atoms with E-state index in [0.29, 0.717) is 40.1 Å². The number of thiazole rings is 1. The van der Waals surface area contributed by atoms with Crippen molar-refractivity contribution in [1.29, 1.82) is 0 Å². The second kappa shape index (κ2) is 9.81. The Morgan fingerprint density at radius 1 is 1.16 bits per heavy atom. The van der Waals surface area contributed by atoms with Gasteiger partial charge >= 0.3 is 0 Å². The molecule has 31 heavy (non-hydrogen) atoms. The van der Waals surface area contributed by atoms with E-state index in [1.165, 1.54) is 49.7 Å². The fraction of sp³-hybridized carbons (Fsp3) is 0.300. The molecule has 1 amide bonds. The van der Waals surface area contributed by atoms with Gasteiger partial charge in [0.05, 0.1) is 31.8 Å². The van der Waals surface area contributed by atoms with Gasteiger partial charge in [0, 0.05) is 32.8 Å². The number of benzene rings is 2. The molecule has 0 aliphatic heterocycles. The van der Waals surface area contributed by atoms with Crippen molar-refractivity contribution < 1.29 is 17.9 Å². The Bertz CT molecular complexity index is 1280. The minimum Gasteiger partial charge on any atom is -0.380 e. The van der Waals surface area contributed by atoms with E-state index in [1.807, 2.05) is 17.6 Å². The maximum Gasteiger partial charge on any atom is 0.279 e. The third-order valence-electron chi connectivity index (χ3n) is 4.47. The number of sulfonamides is 1. The van der Waals surface area contributed by atoms with Crippen molar-refractivity contribution in [3.05, 3.63) is 56.8 Å². The highest BCUT2D eigenvalue weighted by atomic mass is 35.5. The predicted molar refractivity (Wildman–Crippen MR) is 124 cm³/mol. The summed E-state index contributed by atoms with van der Waals surface area (Å²) in [4.78, 5) is 17.6. The minimum atomic E-state index is -3.58. The SMILES string of the molecule is CCOCCn1c(=NC(=O)c2ccc(S(=O)(=O)N(C)C)cc2)sc2ccc(Cl)c(Cl)c21. The van der Waals surface area contributed by atoms with Crippen molar-refractivity contribution in [1.82, 2.24) is 8.87 Å². The summed E-state index contributed by atoms with van der Waals surface area (Å²) in [5, 5.41) is 0.798. The smallest absolute Gasteiger partial charge is 0.279 e. The maximum atomic E-state index is 12.8. The van der Waals surface area contributed by atoms with Crippen molar-refractivity contribution in [2.24, 2.45) is 4.99 Å². The first-order valence-electron chi connectivity index (χ1n) is 9.33. The molecular formula is C20H21Cl2N3O4S2. The summed E-state index contributed by atoms with van der Waals surface area (Å²) in [5.41, 5.74) is 0.966. The van der Waals surface area contributed by atoms with Crippen LogP contribution in [0.5, 0.6) is 0 Å². The number of rotatable bonds is 7. The van der Waals surface area contributed by atoms with Gasteiger partial charge in [-0.25, -0.2) is 12.7 Å². The van der Waals surface area contributed by atoms with Gasteiger partial charge in [-0.15, -0.1) is 0 Å². The average molecular weight is 502 g/mol. The molecule has 0 atom stereocenters. The molecule has 11 heteroatoms. The van der Waals surface area contributed by atoms with Crippen molar-refractivity contribution in [3.8, 4) is 0 Å². The summed E-state index contributed by atoms with van der Waals surface area (Å²) < 4.78 is 33.6. The van der Waals surface area contributed by atoms with Crippen LogP contribution in [0.15, 0.2) is 46.3 Å². The first-order valence-corrected chi connectivity index (χ1v) is 12.3. The van der Waals surface area contributed by atoms with Crippen LogP contribution in [0.25, 0.3) is 10.2 Å². The fourth-order valence-electron chi connectivity index (χ4n) is 2.83. The van der Waals surface area contributed by atoms with Crippen LogP contribution in [0.4, 0.5) is 0 Å². The first-order chi connectivity index (χ1) is 14.7. The minimum absolute atomic E-state index is 0.101. The molecule has 0 unspecified atom stereocenters. The highest BCUT2D eigenvalue weighted by Crippen LogP contribution is 2.32. The lowest BCUT2D eigenvalue weighted by molar-refractivity contribution is 0.0996. The van der Waals surface area contributed by atoms with E-state index < -0.39 is 15.9 Å². The van der Waals surface area contributed by atoms with Gasteiger partial charge in [-0.1, -0.05) is 34.5 Å². The van der Waals surface area contributed by atoms with E-state index in [-0.39, 0.29) is 10.5 Å². The summed E-state index contributed by atoms with van der Waals surface area (Å²) in [7, 11) is -0.680. The Morgan fingerprint density at radius 3 is 2.45 bits per heavy atom. The number of fused-ring (bicyclic) bond motifs is 1. The van der Waals surface area contributed by atoms with E-state index >= 15 is 0 Å². The molecule has 7 nitrogen and oxygen atoms in total. The monoisotopic (exact) mass is 501 g/mol. The van der Waals surface area contributed by atoms with E-state index in [1.54, 1.807) is 6.07 Å². The third kappa shape index (κ3) is 5.02. The summed E-state index contributed by atoms with van der Waals surface area (Å²) in [5.74, 6) is -0.493. The molecule has 166 valence electrons. The van der Waals surface area contributed by atoms with E-state index in [9.17, 15) is 13.2 Å². The number of ether oxygens (including phenoxy) is 1. The van der Waals surface area contributed by atoms with Gasteiger partial charge < -0.3 is 9.30 Å². The first kappa shape index (κ1) is 23.9. The summed E-state index contributed by atoms with van der Waals surface area (Å²) in [6.07, 6.45) is 0.